The number of carbonyl (C=O) groups is 3. The molecule has 6 heteroatoms. The summed E-state index contributed by atoms with van der Waals surface area (Å²) in [5.41, 5.74) is 0. The van der Waals surface area contributed by atoms with E-state index in [-0.39, 0.29) is 24.9 Å². The van der Waals surface area contributed by atoms with E-state index in [1.807, 2.05) is 0 Å². The number of hydrogen-bond donors (Lipinski definition) is 2. The van der Waals surface area contributed by atoms with Crippen LogP contribution in [0.5, 0.6) is 0 Å². The Kier molecular flexibility index (Phi) is 2.84. The highest BCUT2D eigenvalue weighted by Gasteiger charge is 2.27. The summed E-state index contributed by atoms with van der Waals surface area (Å²) in [5.74, 6) is -0.428. The van der Waals surface area contributed by atoms with Crippen molar-refractivity contribution in [2.24, 2.45) is 0 Å². The van der Waals surface area contributed by atoms with Crippen LogP contribution in [0.1, 0.15) is 6.92 Å². The molecule has 0 aromatic heterocycles. The summed E-state index contributed by atoms with van der Waals surface area (Å²) in [6, 6.07) is -0.393. The standard InChI is InChI=1S/C7H11N3O3/c1-5(11)8-2-3-10-6(12)4-9-7(10)13/h2-4H2,1H3,(H,8,11)(H,9,13). The monoisotopic (exact) mass is 185 g/mol. The molecular weight excluding hydrogens is 174 g/mol. The zero-order valence-corrected chi connectivity index (χ0v) is 7.29. The van der Waals surface area contributed by atoms with Crippen molar-refractivity contribution < 1.29 is 14.4 Å². The lowest BCUT2D eigenvalue weighted by molar-refractivity contribution is -0.125. The summed E-state index contributed by atoms with van der Waals surface area (Å²) in [6.07, 6.45) is 0. The van der Waals surface area contributed by atoms with Gasteiger partial charge in [-0.2, -0.15) is 0 Å². The molecule has 72 valence electrons. The average Bonchev–Trinajstić information content (AvgIpc) is 2.34. The van der Waals surface area contributed by atoms with Crippen molar-refractivity contribution in [1.82, 2.24) is 15.5 Å². The molecule has 1 saturated heterocycles. The summed E-state index contributed by atoms with van der Waals surface area (Å²) in [5, 5.41) is 4.88. The zero-order chi connectivity index (χ0) is 9.84. The van der Waals surface area contributed by atoms with Crippen LogP contribution in [0, 0.1) is 0 Å². The van der Waals surface area contributed by atoms with Gasteiger partial charge in [0, 0.05) is 20.0 Å². The van der Waals surface area contributed by atoms with E-state index in [0.29, 0.717) is 6.54 Å². The predicted octanol–water partition coefficient (Wildman–Crippen LogP) is -1.33. The van der Waals surface area contributed by atoms with E-state index < -0.39 is 6.03 Å². The molecule has 4 amide bonds. The van der Waals surface area contributed by atoms with Crippen LogP contribution in [0.25, 0.3) is 0 Å². The van der Waals surface area contributed by atoms with E-state index in [9.17, 15) is 14.4 Å². The molecule has 0 aromatic carbocycles. The van der Waals surface area contributed by atoms with Gasteiger partial charge in [-0.25, -0.2) is 4.79 Å². The first kappa shape index (κ1) is 9.50. The third-order valence-corrected chi connectivity index (χ3v) is 1.65. The lowest BCUT2D eigenvalue weighted by Crippen LogP contribution is -2.38. The van der Waals surface area contributed by atoms with E-state index in [1.54, 1.807) is 0 Å². The Morgan fingerprint density at radius 1 is 1.62 bits per heavy atom. The van der Waals surface area contributed by atoms with Crippen molar-refractivity contribution in [3.63, 3.8) is 0 Å². The largest absolute Gasteiger partial charge is 0.355 e. The molecule has 1 rings (SSSR count). The van der Waals surface area contributed by atoms with Gasteiger partial charge in [-0.05, 0) is 0 Å². The molecule has 0 spiro atoms. The topological polar surface area (TPSA) is 78.5 Å². The third-order valence-electron chi connectivity index (χ3n) is 1.65. The molecule has 6 nitrogen and oxygen atoms in total. The molecule has 0 saturated carbocycles. The molecule has 13 heavy (non-hydrogen) atoms. The predicted molar refractivity (Wildman–Crippen MR) is 43.8 cm³/mol. The first-order valence-corrected chi connectivity index (χ1v) is 3.94. The highest BCUT2D eigenvalue weighted by molar-refractivity contribution is 6.01. The summed E-state index contributed by atoms with van der Waals surface area (Å²) in [4.78, 5) is 33.5. The van der Waals surface area contributed by atoms with Crippen molar-refractivity contribution >= 4 is 17.8 Å². The first-order chi connectivity index (χ1) is 6.11. The maximum Gasteiger partial charge on any atom is 0.324 e. The molecule has 0 aliphatic carbocycles. The molecule has 0 atom stereocenters. The Morgan fingerprint density at radius 3 is 2.77 bits per heavy atom. The fourth-order valence-corrected chi connectivity index (χ4v) is 1.03. The second-order valence-corrected chi connectivity index (χ2v) is 2.69. The number of rotatable bonds is 3. The summed E-state index contributed by atoms with van der Waals surface area (Å²) < 4.78 is 0. The Balaban J connectivity index is 2.31. The van der Waals surface area contributed by atoms with Crippen molar-refractivity contribution in [2.75, 3.05) is 19.6 Å². The minimum absolute atomic E-state index is 0.0545. The fraction of sp³-hybridized carbons (Fsp3) is 0.571. The van der Waals surface area contributed by atoms with Gasteiger partial charge < -0.3 is 10.6 Å². The molecule has 1 aliphatic rings. The number of carbonyl (C=O) groups excluding carboxylic acids is 3. The minimum atomic E-state index is -0.393. The molecule has 1 aliphatic heterocycles. The van der Waals surface area contributed by atoms with Crippen LogP contribution in [0.3, 0.4) is 0 Å². The van der Waals surface area contributed by atoms with E-state index >= 15 is 0 Å². The lowest BCUT2D eigenvalue weighted by atomic mass is 10.5. The second kappa shape index (κ2) is 3.88. The Bertz CT molecular complexity index is 235. The number of hydrogen-bond acceptors (Lipinski definition) is 3. The van der Waals surface area contributed by atoms with Crippen LogP contribution in [-0.2, 0) is 9.59 Å². The minimum Gasteiger partial charge on any atom is -0.355 e. The second-order valence-electron chi connectivity index (χ2n) is 2.69. The van der Waals surface area contributed by atoms with Gasteiger partial charge in [0.15, 0.2) is 0 Å². The van der Waals surface area contributed by atoms with Gasteiger partial charge in [0.2, 0.25) is 11.8 Å². The molecule has 1 fully saturated rings. The number of urea groups is 1. The van der Waals surface area contributed by atoms with Crippen molar-refractivity contribution in [1.29, 1.82) is 0 Å². The van der Waals surface area contributed by atoms with E-state index in [4.69, 9.17) is 0 Å². The van der Waals surface area contributed by atoms with Crippen LogP contribution in [0.2, 0.25) is 0 Å². The van der Waals surface area contributed by atoms with E-state index in [1.165, 1.54) is 6.92 Å². The number of amides is 4. The van der Waals surface area contributed by atoms with Crippen LogP contribution in [0.4, 0.5) is 4.79 Å². The van der Waals surface area contributed by atoms with Gasteiger partial charge in [-0.3, -0.25) is 14.5 Å². The summed E-state index contributed by atoms with van der Waals surface area (Å²) in [7, 11) is 0. The van der Waals surface area contributed by atoms with Crippen molar-refractivity contribution in [2.45, 2.75) is 6.92 Å². The molecular formula is C7H11N3O3. The zero-order valence-electron chi connectivity index (χ0n) is 7.29. The van der Waals surface area contributed by atoms with Crippen LogP contribution >= 0.6 is 0 Å². The first-order valence-electron chi connectivity index (χ1n) is 3.94. The molecule has 0 aromatic rings. The average molecular weight is 185 g/mol. The Hall–Kier alpha value is -1.59. The highest BCUT2D eigenvalue weighted by atomic mass is 16.2. The smallest absolute Gasteiger partial charge is 0.324 e. The van der Waals surface area contributed by atoms with Gasteiger partial charge >= 0.3 is 6.03 Å². The van der Waals surface area contributed by atoms with E-state index in [2.05, 4.69) is 10.6 Å². The van der Waals surface area contributed by atoms with E-state index in [0.717, 1.165) is 4.90 Å². The Labute approximate surface area is 75.3 Å². The molecule has 0 bridgehead atoms. The summed E-state index contributed by atoms with van der Waals surface area (Å²) >= 11 is 0. The Morgan fingerprint density at radius 2 is 2.31 bits per heavy atom. The lowest BCUT2D eigenvalue weighted by Gasteiger charge is -2.11. The van der Waals surface area contributed by atoms with Crippen molar-refractivity contribution in [3.05, 3.63) is 0 Å². The maximum atomic E-state index is 11.0. The molecule has 0 unspecified atom stereocenters. The van der Waals surface area contributed by atoms with Crippen LogP contribution in [-0.4, -0.2) is 42.4 Å². The fourth-order valence-electron chi connectivity index (χ4n) is 1.03. The van der Waals surface area contributed by atoms with Gasteiger partial charge in [-0.15, -0.1) is 0 Å². The molecule has 1 heterocycles. The quantitative estimate of drug-likeness (QED) is 0.535. The number of nitrogens with one attached hydrogen (secondary N) is 2. The van der Waals surface area contributed by atoms with Crippen LogP contribution in [0.15, 0.2) is 0 Å². The van der Waals surface area contributed by atoms with Gasteiger partial charge in [0.1, 0.15) is 0 Å². The normalized spacial score (nSPS) is 15.9. The number of nitrogens with zero attached hydrogens (tertiary/aromatic N) is 1. The van der Waals surface area contributed by atoms with Gasteiger partial charge in [0.05, 0.1) is 6.54 Å². The molecule has 2 N–H and O–H groups in total. The molecule has 0 radical (unpaired) electrons. The maximum absolute atomic E-state index is 11.0. The number of imide groups is 1. The van der Waals surface area contributed by atoms with Crippen molar-refractivity contribution in [3.8, 4) is 0 Å². The highest BCUT2D eigenvalue weighted by Crippen LogP contribution is 1.96. The SMILES string of the molecule is CC(=O)NCCN1C(=O)CNC1=O. The van der Waals surface area contributed by atoms with Gasteiger partial charge in [-0.1, -0.05) is 0 Å². The van der Waals surface area contributed by atoms with Crippen LogP contribution < -0.4 is 10.6 Å². The van der Waals surface area contributed by atoms with Gasteiger partial charge in [0.25, 0.3) is 0 Å². The third kappa shape index (κ3) is 2.43. The summed E-state index contributed by atoms with van der Waals surface area (Å²) in [6.45, 7) is 1.96.